The third-order valence-corrected chi connectivity index (χ3v) is 5.96. The van der Waals surface area contributed by atoms with Gasteiger partial charge >= 0.3 is 0 Å². The molecule has 4 aromatic carbocycles. The fraction of sp³-hybridized carbons (Fsp3) is 0.143. The van der Waals surface area contributed by atoms with Crippen molar-refractivity contribution < 1.29 is 9.47 Å². The zero-order valence-corrected chi connectivity index (χ0v) is 19.8. The molecular weight excluding hydrogens is 442 g/mol. The van der Waals surface area contributed by atoms with Crippen LogP contribution in [0.4, 0.5) is 11.4 Å². The Morgan fingerprint density at radius 3 is 2.38 bits per heavy atom. The fourth-order valence-corrected chi connectivity index (χ4v) is 3.96. The molecule has 0 heterocycles. The number of anilines is 1. The van der Waals surface area contributed by atoms with Gasteiger partial charge in [0.1, 0.15) is 24.7 Å². The summed E-state index contributed by atoms with van der Waals surface area (Å²) in [5, 5.41) is 0. The summed E-state index contributed by atoms with van der Waals surface area (Å²) in [4.78, 5) is 0. The van der Waals surface area contributed by atoms with Gasteiger partial charge in [-0.05, 0) is 52.9 Å². The highest BCUT2D eigenvalue weighted by molar-refractivity contribution is 7.47. The molecule has 0 aliphatic heterocycles. The summed E-state index contributed by atoms with van der Waals surface area (Å²) in [7, 11) is 0. The number of hydrogen-bond donors (Lipinski definition) is 2. The third kappa shape index (κ3) is 5.42. The van der Waals surface area contributed by atoms with E-state index in [1.807, 2.05) is 36.4 Å². The zero-order chi connectivity index (χ0) is 23.9. The van der Waals surface area contributed by atoms with E-state index in [-0.39, 0.29) is 0 Å². The molecule has 0 radical (unpaired) electrons. The van der Waals surface area contributed by atoms with Gasteiger partial charge in [0, 0.05) is 30.6 Å². The Morgan fingerprint density at radius 1 is 0.824 bits per heavy atom. The van der Waals surface area contributed by atoms with Crippen LogP contribution in [0.2, 0.25) is 0 Å². The largest absolute Gasteiger partial charge is 0.489 e. The Balaban J connectivity index is 1.48. The van der Waals surface area contributed by atoms with Crippen LogP contribution in [0.1, 0.15) is 22.3 Å². The minimum Gasteiger partial charge on any atom is -0.489 e. The molecular formula is C28H27N3O2S. The van der Waals surface area contributed by atoms with Gasteiger partial charge in [0.2, 0.25) is 0 Å². The predicted molar refractivity (Wildman–Crippen MR) is 140 cm³/mol. The van der Waals surface area contributed by atoms with Crippen LogP contribution in [-0.4, -0.2) is 0 Å². The van der Waals surface area contributed by atoms with Gasteiger partial charge in [-0.15, -0.1) is 0 Å². The molecule has 0 saturated heterocycles. The molecule has 0 bridgehead atoms. The first-order chi connectivity index (χ1) is 16.6. The van der Waals surface area contributed by atoms with Crippen molar-refractivity contribution >= 4 is 23.8 Å². The number of benzene rings is 4. The van der Waals surface area contributed by atoms with Crippen molar-refractivity contribution in [3.63, 3.8) is 0 Å². The van der Waals surface area contributed by atoms with Gasteiger partial charge in [-0.2, -0.15) is 4.36 Å². The topological polar surface area (TPSA) is 82.9 Å². The molecule has 0 aromatic heterocycles. The summed E-state index contributed by atoms with van der Waals surface area (Å²) in [5.74, 6) is 1.40. The second kappa shape index (κ2) is 10.9. The van der Waals surface area contributed by atoms with E-state index in [4.69, 9.17) is 33.4 Å². The highest BCUT2D eigenvalue weighted by atomic mass is 32.1. The smallest absolute Gasteiger partial charge is 0.127 e. The van der Waals surface area contributed by atoms with Crippen molar-refractivity contribution in [3.8, 4) is 22.6 Å². The molecule has 0 atom stereocenters. The van der Waals surface area contributed by atoms with Gasteiger partial charge in [-0.1, -0.05) is 60.7 Å². The molecule has 6 heteroatoms. The minimum atomic E-state index is 0.344. The lowest BCUT2D eigenvalue weighted by molar-refractivity contribution is 0.287. The molecule has 4 rings (SSSR count). The number of nitrogen functional groups attached to an aromatic ring is 1. The van der Waals surface area contributed by atoms with E-state index in [9.17, 15) is 0 Å². The monoisotopic (exact) mass is 469 g/mol. The first-order valence-electron chi connectivity index (χ1n) is 11.0. The summed E-state index contributed by atoms with van der Waals surface area (Å²) in [6, 6.07) is 27.9. The van der Waals surface area contributed by atoms with E-state index in [0.29, 0.717) is 36.9 Å². The van der Waals surface area contributed by atoms with Crippen LogP contribution in [0, 0.1) is 6.92 Å². The lowest BCUT2D eigenvalue weighted by atomic mass is 9.97. The second-order valence-corrected chi connectivity index (χ2v) is 8.17. The fourth-order valence-electron chi connectivity index (χ4n) is 3.80. The maximum atomic E-state index is 6.14. The molecule has 0 fully saturated rings. The van der Waals surface area contributed by atoms with Crippen molar-refractivity contribution in [2.24, 2.45) is 10.1 Å². The van der Waals surface area contributed by atoms with Crippen LogP contribution in [0.15, 0.2) is 89.3 Å². The third-order valence-electron chi connectivity index (χ3n) is 5.77. The maximum Gasteiger partial charge on any atom is 0.127 e. The zero-order valence-electron chi connectivity index (χ0n) is 19.0. The molecule has 4 aromatic rings. The minimum absolute atomic E-state index is 0.344. The molecule has 34 heavy (non-hydrogen) atoms. The first-order valence-corrected chi connectivity index (χ1v) is 11.4. The van der Waals surface area contributed by atoms with Gasteiger partial charge in [0.05, 0.1) is 11.4 Å². The van der Waals surface area contributed by atoms with Crippen LogP contribution in [0.25, 0.3) is 11.1 Å². The lowest BCUT2D eigenvalue weighted by Gasteiger charge is -2.15. The van der Waals surface area contributed by atoms with E-state index in [1.54, 1.807) is 6.07 Å². The number of nitrogens with two attached hydrogens (primary N) is 2. The van der Waals surface area contributed by atoms with Crippen LogP contribution < -0.4 is 20.9 Å². The Morgan fingerprint density at radius 2 is 1.65 bits per heavy atom. The van der Waals surface area contributed by atoms with Crippen molar-refractivity contribution in [1.29, 1.82) is 0 Å². The normalized spacial score (nSPS) is 10.6. The van der Waals surface area contributed by atoms with E-state index < -0.39 is 0 Å². The van der Waals surface area contributed by atoms with Crippen molar-refractivity contribution in [1.82, 2.24) is 0 Å². The molecule has 0 saturated carbocycles. The second-order valence-electron chi connectivity index (χ2n) is 7.99. The summed E-state index contributed by atoms with van der Waals surface area (Å²) in [6.45, 7) is 3.29. The quantitative estimate of drug-likeness (QED) is 0.284. The number of nitrogens with zero attached hydrogens (tertiary/aromatic N) is 1. The molecule has 0 spiro atoms. The number of rotatable bonds is 9. The SMILES string of the molecule is Cc1c(COc2ccc(CN)c(OCc3ccc(N=S)c(N)c3)c2)cccc1-c1ccccc1. The predicted octanol–water partition coefficient (Wildman–Crippen LogP) is 6.22. The van der Waals surface area contributed by atoms with Crippen LogP contribution >= 0.6 is 0 Å². The van der Waals surface area contributed by atoms with Crippen molar-refractivity contribution in [2.45, 2.75) is 26.7 Å². The number of hydrogen-bond acceptors (Lipinski definition) is 6. The van der Waals surface area contributed by atoms with Crippen LogP contribution in [-0.2, 0) is 32.2 Å². The van der Waals surface area contributed by atoms with Gasteiger partial charge < -0.3 is 20.9 Å². The Hall–Kier alpha value is -3.74. The molecule has 0 aliphatic rings. The summed E-state index contributed by atoms with van der Waals surface area (Å²) >= 11 is 4.72. The van der Waals surface area contributed by atoms with E-state index in [2.05, 4.69) is 53.8 Å². The first kappa shape index (κ1) is 23.4. The van der Waals surface area contributed by atoms with E-state index >= 15 is 0 Å². The van der Waals surface area contributed by atoms with Gasteiger partial charge in [0.15, 0.2) is 0 Å². The highest BCUT2D eigenvalue weighted by Crippen LogP contribution is 2.29. The lowest BCUT2D eigenvalue weighted by Crippen LogP contribution is -2.04. The molecule has 4 N–H and O–H groups in total. The summed E-state index contributed by atoms with van der Waals surface area (Å²) < 4.78 is 15.9. The highest BCUT2D eigenvalue weighted by Gasteiger charge is 2.10. The van der Waals surface area contributed by atoms with Crippen molar-refractivity contribution in [2.75, 3.05) is 5.73 Å². The van der Waals surface area contributed by atoms with Crippen LogP contribution in [0.3, 0.4) is 0 Å². The van der Waals surface area contributed by atoms with Crippen molar-refractivity contribution in [3.05, 3.63) is 107 Å². The average molecular weight is 470 g/mol. The van der Waals surface area contributed by atoms with E-state index in [1.165, 1.54) is 16.7 Å². The number of ether oxygens (including phenoxy) is 2. The van der Waals surface area contributed by atoms with E-state index in [0.717, 1.165) is 22.4 Å². The Labute approximate surface area is 205 Å². The van der Waals surface area contributed by atoms with Gasteiger partial charge in [-0.25, -0.2) is 0 Å². The maximum absolute atomic E-state index is 6.14. The molecule has 0 amide bonds. The van der Waals surface area contributed by atoms with Gasteiger partial charge in [-0.3, -0.25) is 0 Å². The summed E-state index contributed by atoms with van der Waals surface area (Å²) in [6.07, 6.45) is 0. The van der Waals surface area contributed by atoms with Crippen LogP contribution in [0.5, 0.6) is 11.5 Å². The summed E-state index contributed by atoms with van der Waals surface area (Å²) in [5.41, 5.74) is 19.6. The van der Waals surface area contributed by atoms with Gasteiger partial charge in [0.25, 0.3) is 0 Å². The standard InChI is InChI=1S/C28H27N3O2S/c1-19-23(8-5-9-25(19)21-6-3-2-4-7-21)18-32-24-12-11-22(16-29)28(15-24)33-17-20-10-13-27(31-34)26(30)14-20/h2-15H,16-18,29-30H2,1H3. The molecule has 0 aliphatic carbocycles. The average Bonchev–Trinajstić information content (AvgIpc) is 2.87. The molecule has 0 unspecified atom stereocenters. The Bertz CT molecular complexity index is 1290. The molecule has 5 nitrogen and oxygen atoms in total. The Kier molecular flexibility index (Phi) is 7.52. The molecule has 172 valence electrons.